The van der Waals surface area contributed by atoms with E-state index in [-0.39, 0.29) is 0 Å². The summed E-state index contributed by atoms with van der Waals surface area (Å²) < 4.78 is 0. The molecule has 3 nitrogen and oxygen atoms in total. The van der Waals surface area contributed by atoms with E-state index in [2.05, 4.69) is 24.1 Å². The summed E-state index contributed by atoms with van der Waals surface area (Å²) in [4.78, 5) is 14.0. The number of hydrogen-bond acceptors (Lipinski definition) is 3. The smallest absolute Gasteiger partial charge is 0.232 e. The van der Waals surface area contributed by atoms with Gasteiger partial charge in [-0.05, 0) is 19.1 Å². The second kappa shape index (κ2) is 6.38. The molecule has 1 N–H and O–H groups in total. The van der Waals surface area contributed by atoms with Crippen molar-refractivity contribution in [3.8, 4) is 0 Å². The number of nitrogens with zero attached hydrogens (tertiary/aromatic N) is 1. The van der Waals surface area contributed by atoms with Crippen molar-refractivity contribution in [1.29, 1.82) is 0 Å². The quantitative estimate of drug-likeness (QED) is 0.791. The molecule has 15 heavy (non-hydrogen) atoms. The Kier molecular flexibility index (Phi) is 5.47. The summed E-state index contributed by atoms with van der Waals surface area (Å²) in [7, 11) is 0. The van der Waals surface area contributed by atoms with Crippen LogP contribution in [0.15, 0.2) is 0 Å². The molecular weight excluding hydrogens is 208 g/mol. The first-order valence-electron chi connectivity index (χ1n) is 5.74. The van der Waals surface area contributed by atoms with Gasteiger partial charge in [-0.3, -0.25) is 4.79 Å². The van der Waals surface area contributed by atoms with Gasteiger partial charge in [0.05, 0.1) is 5.75 Å². The Morgan fingerprint density at radius 3 is 2.73 bits per heavy atom. The highest BCUT2D eigenvalue weighted by molar-refractivity contribution is 7.99. The second-order valence-electron chi connectivity index (χ2n) is 4.05. The van der Waals surface area contributed by atoms with Crippen LogP contribution in [0.5, 0.6) is 0 Å². The van der Waals surface area contributed by atoms with Gasteiger partial charge in [0, 0.05) is 25.2 Å². The van der Waals surface area contributed by atoms with E-state index in [1.54, 1.807) is 11.8 Å². The average molecular weight is 230 g/mol. The highest BCUT2D eigenvalue weighted by Crippen LogP contribution is 2.13. The van der Waals surface area contributed by atoms with Gasteiger partial charge in [-0.2, -0.15) is 11.8 Å². The van der Waals surface area contributed by atoms with Crippen LogP contribution in [0.25, 0.3) is 0 Å². The van der Waals surface area contributed by atoms with Crippen LogP contribution < -0.4 is 5.32 Å². The fraction of sp³-hybridized carbons (Fsp3) is 0.909. The number of hydrogen-bond donors (Lipinski definition) is 1. The summed E-state index contributed by atoms with van der Waals surface area (Å²) in [5, 5.41) is 3.50. The van der Waals surface area contributed by atoms with Gasteiger partial charge in [-0.1, -0.05) is 13.8 Å². The van der Waals surface area contributed by atoms with E-state index in [0.29, 0.717) is 23.7 Å². The number of amides is 1. The van der Waals surface area contributed by atoms with Crippen LogP contribution in [0.3, 0.4) is 0 Å². The lowest BCUT2D eigenvalue weighted by molar-refractivity contribution is -0.132. The normalized spacial score (nSPS) is 26.7. The van der Waals surface area contributed by atoms with Gasteiger partial charge in [0.1, 0.15) is 0 Å². The summed E-state index contributed by atoms with van der Waals surface area (Å²) >= 11 is 1.61. The summed E-state index contributed by atoms with van der Waals surface area (Å²) in [6.07, 6.45) is 4.13. The monoisotopic (exact) mass is 230 g/mol. The van der Waals surface area contributed by atoms with Gasteiger partial charge in [-0.25, -0.2) is 0 Å². The van der Waals surface area contributed by atoms with Gasteiger partial charge in [0.25, 0.3) is 0 Å². The number of rotatable bonds is 4. The van der Waals surface area contributed by atoms with Crippen molar-refractivity contribution in [2.45, 2.75) is 38.8 Å². The largest absolute Gasteiger partial charge is 0.336 e. The lowest BCUT2D eigenvalue weighted by Gasteiger charge is -2.40. The lowest BCUT2D eigenvalue weighted by Crippen LogP contribution is -2.58. The van der Waals surface area contributed by atoms with Crippen molar-refractivity contribution in [2.24, 2.45) is 0 Å². The Bertz CT molecular complexity index is 211. The van der Waals surface area contributed by atoms with Crippen molar-refractivity contribution < 1.29 is 4.79 Å². The minimum Gasteiger partial charge on any atom is -0.336 e. The third-order valence-electron chi connectivity index (χ3n) is 3.05. The number of thioether (sulfide) groups is 1. The van der Waals surface area contributed by atoms with Crippen LogP contribution in [0.2, 0.25) is 0 Å². The van der Waals surface area contributed by atoms with Crippen molar-refractivity contribution in [3.05, 3.63) is 0 Å². The highest BCUT2D eigenvalue weighted by Gasteiger charge is 2.28. The maximum Gasteiger partial charge on any atom is 0.232 e. The number of carbonyl (C=O) groups excluding carboxylic acids is 1. The summed E-state index contributed by atoms with van der Waals surface area (Å²) in [5.41, 5.74) is 0. The molecular formula is C11H22N2OS. The molecule has 1 aliphatic heterocycles. The molecule has 4 heteroatoms. The van der Waals surface area contributed by atoms with E-state index in [9.17, 15) is 4.79 Å². The Morgan fingerprint density at radius 2 is 2.20 bits per heavy atom. The van der Waals surface area contributed by atoms with Gasteiger partial charge < -0.3 is 10.2 Å². The zero-order valence-electron chi connectivity index (χ0n) is 9.95. The van der Waals surface area contributed by atoms with Gasteiger partial charge in [0.15, 0.2) is 0 Å². The Hall–Kier alpha value is -0.220. The predicted octanol–water partition coefficient (Wildman–Crippen LogP) is 1.34. The van der Waals surface area contributed by atoms with Crippen LogP contribution in [0.1, 0.15) is 26.7 Å². The van der Waals surface area contributed by atoms with E-state index in [0.717, 1.165) is 25.9 Å². The van der Waals surface area contributed by atoms with Crippen molar-refractivity contribution >= 4 is 17.7 Å². The van der Waals surface area contributed by atoms with Crippen LogP contribution in [0.4, 0.5) is 0 Å². The fourth-order valence-corrected chi connectivity index (χ4v) is 2.43. The Labute approximate surface area is 97.0 Å². The number of carbonyl (C=O) groups is 1. The van der Waals surface area contributed by atoms with E-state index in [4.69, 9.17) is 0 Å². The number of nitrogens with one attached hydrogen (secondary N) is 1. The third-order valence-corrected chi connectivity index (χ3v) is 3.59. The van der Waals surface area contributed by atoms with Crippen molar-refractivity contribution in [1.82, 2.24) is 10.2 Å². The lowest BCUT2D eigenvalue weighted by atomic mass is 10.1. The highest BCUT2D eigenvalue weighted by atomic mass is 32.2. The van der Waals surface area contributed by atoms with Crippen LogP contribution >= 0.6 is 11.8 Å². The summed E-state index contributed by atoms with van der Waals surface area (Å²) in [5.74, 6) is 0.918. The molecule has 1 aliphatic rings. The fourth-order valence-electron chi connectivity index (χ4n) is 2.01. The standard InChI is InChI=1S/C11H22N2OS/c1-4-9-7-13(11(14)8-15-3)10(5-2)6-12-9/h9-10,12H,4-8H2,1-3H3. The van der Waals surface area contributed by atoms with E-state index >= 15 is 0 Å². The number of piperazine rings is 1. The topological polar surface area (TPSA) is 32.3 Å². The molecule has 1 saturated heterocycles. The SMILES string of the molecule is CCC1CN(C(=O)CSC)C(CC)CN1. The molecule has 0 saturated carbocycles. The third kappa shape index (κ3) is 3.38. The Balaban J connectivity index is 2.58. The van der Waals surface area contributed by atoms with Gasteiger partial charge >= 0.3 is 0 Å². The van der Waals surface area contributed by atoms with E-state index in [1.165, 1.54) is 0 Å². The molecule has 0 radical (unpaired) electrons. The van der Waals surface area contributed by atoms with E-state index in [1.807, 2.05) is 6.26 Å². The van der Waals surface area contributed by atoms with Crippen LogP contribution in [-0.4, -0.2) is 48.0 Å². The van der Waals surface area contributed by atoms with Crippen LogP contribution in [0, 0.1) is 0 Å². The molecule has 88 valence electrons. The Morgan fingerprint density at radius 1 is 1.47 bits per heavy atom. The molecule has 1 fully saturated rings. The molecule has 2 unspecified atom stereocenters. The molecule has 0 spiro atoms. The maximum absolute atomic E-state index is 11.9. The molecule has 0 aromatic heterocycles. The van der Waals surface area contributed by atoms with Gasteiger partial charge in [0.2, 0.25) is 5.91 Å². The summed E-state index contributed by atoms with van der Waals surface area (Å²) in [6.45, 7) is 6.16. The molecule has 0 aromatic rings. The molecule has 1 heterocycles. The zero-order chi connectivity index (χ0) is 11.3. The van der Waals surface area contributed by atoms with Crippen molar-refractivity contribution in [3.63, 3.8) is 0 Å². The molecule has 1 rings (SSSR count). The predicted molar refractivity (Wildman–Crippen MR) is 66.3 cm³/mol. The van der Waals surface area contributed by atoms with Crippen LogP contribution in [-0.2, 0) is 4.79 Å². The summed E-state index contributed by atoms with van der Waals surface area (Å²) in [6, 6.07) is 0.881. The first kappa shape index (κ1) is 12.8. The van der Waals surface area contributed by atoms with Crippen molar-refractivity contribution in [2.75, 3.05) is 25.1 Å². The minimum atomic E-state index is 0.300. The van der Waals surface area contributed by atoms with E-state index < -0.39 is 0 Å². The van der Waals surface area contributed by atoms with Gasteiger partial charge in [-0.15, -0.1) is 0 Å². The molecule has 1 amide bonds. The molecule has 2 atom stereocenters. The second-order valence-corrected chi connectivity index (χ2v) is 4.92. The minimum absolute atomic E-state index is 0.300. The molecule has 0 bridgehead atoms. The maximum atomic E-state index is 11.9. The zero-order valence-corrected chi connectivity index (χ0v) is 10.8. The first-order valence-corrected chi connectivity index (χ1v) is 7.14. The first-order chi connectivity index (χ1) is 7.22. The molecule has 0 aromatic carbocycles. The average Bonchev–Trinajstić information content (AvgIpc) is 2.28. The molecule has 0 aliphatic carbocycles.